The lowest BCUT2D eigenvalue weighted by Gasteiger charge is -1.83. The van der Waals surface area contributed by atoms with Crippen molar-refractivity contribution in [1.29, 1.82) is 5.53 Å². The Balaban J connectivity index is 2.93. The van der Waals surface area contributed by atoms with Crippen LogP contribution in [0.3, 0.4) is 0 Å². The van der Waals surface area contributed by atoms with Gasteiger partial charge in [0, 0.05) is 11.8 Å². The van der Waals surface area contributed by atoms with Crippen molar-refractivity contribution in [2.24, 2.45) is 5.11 Å². The highest BCUT2D eigenvalue weighted by molar-refractivity contribution is 5.24. The molecule has 0 radical (unpaired) electrons. The maximum Gasteiger partial charge on any atom is 0.208 e. The molecule has 4 N–H and O–H groups in total. The number of nitrogens with one attached hydrogen (secondary N) is 4. The third-order valence-electron chi connectivity index (χ3n) is 1.55. The van der Waals surface area contributed by atoms with Crippen molar-refractivity contribution in [1.82, 2.24) is 20.3 Å². The molecule has 2 aliphatic heterocycles. The molecule has 0 fully saturated rings. The van der Waals surface area contributed by atoms with Crippen molar-refractivity contribution in [2.75, 3.05) is 0 Å². The fourth-order valence-electron chi connectivity index (χ4n) is 1.02. The van der Waals surface area contributed by atoms with E-state index in [2.05, 4.69) is 25.4 Å². The number of H-pyrrole nitrogens is 3. The highest BCUT2D eigenvalue weighted by Crippen LogP contribution is 2.05. The fourth-order valence-corrected chi connectivity index (χ4v) is 1.02. The topological polar surface area (TPSA) is 110 Å². The van der Waals surface area contributed by atoms with Crippen molar-refractivity contribution in [3.05, 3.63) is 22.7 Å². The number of hydrogen-bond acceptors (Lipinski definition) is 4. The van der Waals surface area contributed by atoms with Crippen LogP contribution in [-0.4, -0.2) is 20.3 Å². The second-order valence-electron chi connectivity index (χ2n) is 2.56. The molecule has 13 heavy (non-hydrogen) atoms. The minimum absolute atomic E-state index is 0.315. The molecule has 0 saturated carbocycles. The van der Waals surface area contributed by atoms with Gasteiger partial charge in [0.2, 0.25) is 5.48 Å². The van der Waals surface area contributed by atoms with Crippen molar-refractivity contribution in [2.45, 2.75) is 6.92 Å². The van der Waals surface area contributed by atoms with E-state index in [4.69, 9.17) is 10.2 Å². The molecule has 7 heteroatoms. The van der Waals surface area contributed by atoms with E-state index >= 15 is 0 Å². The summed E-state index contributed by atoms with van der Waals surface area (Å²) in [7, 11) is 0. The van der Waals surface area contributed by atoms with Gasteiger partial charge in [0.1, 0.15) is 0 Å². The average molecular weight is 180 g/mol. The third kappa shape index (κ3) is 1.31. The van der Waals surface area contributed by atoms with Crippen LogP contribution < -0.4 is 0 Å². The summed E-state index contributed by atoms with van der Waals surface area (Å²) in [4.78, 5) is 7.00. The molecule has 2 heterocycles. The Labute approximate surface area is 72.0 Å². The average Bonchev–Trinajstić information content (AvgIpc) is 2.46. The molecule has 0 bridgehead atoms. The molecule has 0 aliphatic carbocycles. The molecular formula is C6H8N6O. The summed E-state index contributed by atoms with van der Waals surface area (Å²) in [5.74, 6) is 0.315. The van der Waals surface area contributed by atoms with Crippen LogP contribution in [0.25, 0.3) is 0 Å². The molecule has 0 spiro atoms. The zero-order chi connectivity index (χ0) is 9.26. The molecule has 2 aliphatic rings. The summed E-state index contributed by atoms with van der Waals surface area (Å²) in [5, 5.41) is 8.35. The summed E-state index contributed by atoms with van der Waals surface area (Å²) in [6.07, 6.45) is 0. The first kappa shape index (κ1) is 7.59. The summed E-state index contributed by atoms with van der Waals surface area (Å²) in [5.41, 5.74) is 8.78. The minimum Gasteiger partial charge on any atom is -0.340 e. The Kier molecular flexibility index (Phi) is 1.62. The van der Waals surface area contributed by atoms with E-state index in [0.29, 0.717) is 16.8 Å². The molecule has 0 atom stereocenters. The third-order valence-corrected chi connectivity index (χ3v) is 1.55. The quantitative estimate of drug-likeness (QED) is 0.498. The Bertz CT molecular complexity index is 511. The molecule has 0 amide bonds. The first-order valence-corrected chi connectivity index (χ1v) is 3.63. The van der Waals surface area contributed by atoms with Gasteiger partial charge in [-0.1, -0.05) is 0 Å². The van der Waals surface area contributed by atoms with Crippen molar-refractivity contribution < 1.29 is 4.63 Å². The summed E-state index contributed by atoms with van der Waals surface area (Å²) in [6.45, 7) is 1.84. The van der Waals surface area contributed by atoms with Gasteiger partial charge in [0.05, 0.1) is 0 Å². The van der Waals surface area contributed by atoms with E-state index in [1.165, 1.54) is 0 Å². The molecule has 0 aromatic carbocycles. The van der Waals surface area contributed by atoms with Crippen LogP contribution in [0.1, 0.15) is 5.69 Å². The fraction of sp³-hybridized carbons (Fsp3) is 0.167. The summed E-state index contributed by atoms with van der Waals surface area (Å²) >= 11 is 0. The number of hydrogen-bond donors (Lipinski definition) is 4. The zero-order valence-corrected chi connectivity index (χ0v) is 6.88. The first-order valence-electron chi connectivity index (χ1n) is 3.63. The largest absolute Gasteiger partial charge is 0.340 e. The van der Waals surface area contributed by atoms with Crippen LogP contribution in [0.4, 0.5) is 5.82 Å². The van der Waals surface area contributed by atoms with Gasteiger partial charge < -0.3 is 4.98 Å². The van der Waals surface area contributed by atoms with Crippen LogP contribution in [0, 0.1) is 23.4 Å². The minimum atomic E-state index is 0.315. The van der Waals surface area contributed by atoms with Crippen molar-refractivity contribution in [3.63, 3.8) is 0 Å². The molecule has 0 aromatic heterocycles. The SMILES string of the molecule is Cc1cc(N=N)nc2[nH]o[nH]c=2[nH]1. The molecule has 0 unspecified atom stereocenters. The Morgan fingerprint density at radius 2 is 2.38 bits per heavy atom. The van der Waals surface area contributed by atoms with Crippen LogP contribution in [-0.2, 0) is 0 Å². The van der Waals surface area contributed by atoms with Gasteiger partial charge >= 0.3 is 0 Å². The van der Waals surface area contributed by atoms with E-state index in [1.54, 1.807) is 6.07 Å². The van der Waals surface area contributed by atoms with Gasteiger partial charge in [-0.3, -0.25) is 4.63 Å². The number of rotatable bonds is 1. The van der Waals surface area contributed by atoms with Gasteiger partial charge in [0.15, 0.2) is 11.3 Å². The number of aromatic amines is 3. The van der Waals surface area contributed by atoms with E-state index in [0.717, 1.165) is 5.69 Å². The summed E-state index contributed by atoms with van der Waals surface area (Å²) < 4.78 is 4.71. The number of aryl methyl sites for hydroxylation is 1. The van der Waals surface area contributed by atoms with E-state index in [1.807, 2.05) is 6.92 Å². The summed E-state index contributed by atoms with van der Waals surface area (Å²) in [6, 6.07) is 1.66. The van der Waals surface area contributed by atoms with Gasteiger partial charge in [-0.15, -0.1) is 5.11 Å². The first-order chi connectivity index (χ1) is 6.29. The molecule has 0 saturated heterocycles. The lowest BCUT2D eigenvalue weighted by Crippen LogP contribution is -1.77. The van der Waals surface area contributed by atoms with Crippen LogP contribution in [0.5, 0.6) is 0 Å². The molecule has 7 nitrogen and oxygen atoms in total. The second-order valence-corrected chi connectivity index (χ2v) is 2.56. The lowest BCUT2D eigenvalue weighted by molar-refractivity contribution is 0.296. The van der Waals surface area contributed by atoms with Gasteiger partial charge in [-0.2, -0.15) is 10.3 Å². The smallest absolute Gasteiger partial charge is 0.208 e. The predicted molar refractivity (Wildman–Crippen MR) is 42.0 cm³/mol. The van der Waals surface area contributed by atoms with Crippen LogP contribution in [0.15, 0.2) is 15.8 Å². The van der Waals surface area contributed by atoms with Crippen LogP contribution >= 0.6 is 0 Å². The maximum absolute atomic E-state index is 6.85. The highest BCUT2D eigenvalue weighted by atomic mass is 16.6. The van der Waals surface area contributed by atoms with E-state index < -0.39 is 0 Å². The monoisotopic (exact) mass is 180 g/mol. The highest BCUT2D eigenvalue weighted by Gasteiger charge is 1.95. The van der Waals surface area contributed by atoms with Crippen molar-refractivity contribution >= 4 is 5.82 Å². The van der Waals surface area contributed by atoms with Crippen molar-refractivity contribution in [3.8, 4) is 0 Å². The molecular weight excluding hydrogens is 172 g/mol. The second kappa shape index (κ2) is 2.77. The van der Waals surface area contributed by atoms with E-state index in [9.17, 15) is 0 Å². The number of aromatic nitrogens is 4. The van der Waals surface area contributed by atoms with Crippen LogP contribution in [0.2, 0.25) is 0 Å². The molecule has 2 rings (SSSR count). The standard InChI is InChI=1S/C6H8N6O/c1-3-2-4(10-7)9-6-5(8-3)11-13-12-6/h2,7-8,11-12H,1H3. The molecule has 68 valence electrons. The normalized spacial score (nSPS) is 10.2. The Morgan fingerprint density at radius 1 is 1.54 bits per heavy atom. The molecule has 0 aromatic rings. The predicted octanol–water partition coefficient (Wildman–Crippen LogP) is 1.48. The lowest BCUT2D eigenvalue weighted by atomic mass is 10.4. The maximum atomic E-state index is 6.85. The zero-order valence-electron chi connectivity index (χ0n) is 6.88. The Hall–Kier alpha value is -2.05. The van der Waals surface area contributed by atoms with E-state index in [-0.39, 0.29) is 0 Å². The van der Waals surface area contributed by atoms with Gasteiger partial charge in [-0.05, 0) is 6.92 Å². The number of nitrogens with zero attached hydrogens (tertiary/aromatic N) is 2. The Morgan fingerprint density at radius 3 is 3.15 bits per heavy atom. The van der Waals surface area contributed by atoms with Gasteiger partial charge in [0.25, 0.3) is 0 Å². The van der Waals surface area contributed by atoms with Gasteiger partial charge in [-0.25, -0.2) is 10.5 Å².